The summed E-state index contributed by atoms with van der Waals surface area (Å²) in [6.45, 7) is 4.95. The molecule has 6 nitrogen and oxygen atoms in total. The maximum absolute atomic E-state index is 13.0. The maximum Gasteiger partial charge on any atom is 0.407 e. The van der Waals surface area contributed by atoms with E-state index in [-0.39, 0.29) is 40.7 Å². The fraction of sp³-hybridized carbons (Fsp3) is 0.278. The number of carbonyl (C=O) groups excluding carboxylic acids is 1. The van der Waals surface area contributed by atoms with Crippen LogP contribution in [0.25, 0.3) is 16.7 Å². The molecule has 1 aromatic carbocycles. The number of fused-ring (bicyclic) bond motifs is 1. The van der Waals surface area contributed by atoms with Crippen LogP contribution in [0, 0.1) is 0 Å². The quantitative estimate of drug-likeness (QED) is 0.415. The topological polar surface area (TPSA) is 69.0 Å². The summed E-state index contributed by atoms with van der Waals surface area (Å²) in [6.07, 6.45) is 0.646. The van der Waals surface area contributed by atoms with Crippen molar-refractivity contribution in [1.82, 2.24) is 20.1 Å². The van der Waals surface area contributed by atoms with Crippen molar-refractivity contribution in [2.75, 3.05) is 0 Å². The molecular formula is C18H18ClF5N4O2S. The summed E-state index contributed by atoms with van der Waals surface area (Å²) in [5, 5.41) is 7.35. The van der Waals surface area contributed by atoms with Crippen LogP contribution in [0.3, 0.4) is 0 Å². The number of hydrogen-bond donors (Lipinski definition) is 1. The molecule has 3 aromatic rings. The van der Waals surface area contributed by atoms with Crippen LogP contribution in [0.15, 0.2) is 41.4 Å². The van der Waals surface area contributed by atoms with Gasteiger partial charge in [-0.05, 0) is 51.1 Å². The van der Waals surface area contributed by atoms with E-state index in [0.717, 1.165) is 16.8 Å². The third-order valence-electron chi connectivity index (χ3n) is 3.92. The van der Waals surface area contributed by atoms with Gasteiger partial charge in [-0.3, -0.25) is 0 Å². The summed E-state index contributed by atoms with van der Waals surface area (Å²) >= 11 is 6.23. The summed E-state index contributed by atoms with van der Waals surface area (Å²) in [6, 6.07) is 3.76. The number of benzene rings is 1. The molecule has 0 aliphatic carbocycles. The Hall–Kier alpha value is -2.60. The van der Waals surface area contributed by atoms with Gasteiger partial charge in [-0.25, -0.2) is 14.5 Å². The van der Waals surface area contributed by atoms with Crippen molar-refractivity contribution in [2.45, 2.75) is 37.8 Å². The van der Waals surface area contributed by atoms with E-state index < -0.39 is 26.8 Å². The largest absolute Gasteiger partial charge is 0.444 e. The highest BCUT2D eigenvalue weighted by molar-refractivity contribution is 8.45. The van der Waals surface area contributed by atoms with Crippen LogP contribution < -0.4 is 5.32 Å². The number of carbonyl (C=O) groups is 1. The number of rotatable bonds is 4. The van der Waals surface area contributed by atoms with Crippen LogP contribution in [0.4, 0.5) is 24.2 Å². The van der Waals surface area contributed by atoms with Crippen molar-refractivity contribution in [3.8, 4) is 5.69 Å². The monoisotopic (exact) mass is 484 g/mol. The number of pyridine rings is 1. The highest BCUT2D eigenvalue weighted by atomic mass is 35.5. The molecule has 0 bridgehead atoms. The fourth-order valence-electron chi connectivity index (χ4n) is 2.69. The second kappa shape index (κ2) is 6.70. The van der Waals surface area contributed by atoms with Gasteiger partial charge in [0.05, 0.1) is 28.3 Å². The van der Waals surface area contributed by atoms with Gasteiger partial charge in [0.1, 0.15) is 10.5 Å². The van der Waals surface area contributed by atoms with Gasteiger partial charge in [0.2, 0.25) is 0 Å². The molecule has 0 radical (unpaired) electrons. The third-order valence-corrected chi connectivity index (χ3v) is 5.39. The zero-order valence-corrected chi connectivity index (χ0v) is 18.1. The van der Waals surface area contributed by atoms with Crippen molar-refractivity contribution in [2.24, 2.45) is 0 Å². The lowest BCUT2D eigenvalue weighted by Crippen LogP contribution is -2.32. The molecule has 0 spiro atoms. The van der Waals surface area contributed by atoms with Gasteiger partial charge in [0.15, 0.2) is 5.65 Å². The molecule has 0 unspecified atom stereocenters. The first-order valence-corrected chi connectivity index (χ1v) is 11.1. The standard InChI is InChI=1S/C18H18ClF5N4O2S/c1-18(2,3)30-17(29)26-10-14-15-13(19)8-9-25-16(15)28(27-14)11-4-6-12(7-5-11)31(20,21,22,23)24/h4-9H,10H2,1-3H3,(H,26,29). The molecule has 0 saturated heterocycles. The zero-order valence-electron chi connectivity index (χ0n) is 16.5. The molecule has 2 heterocycles. The summed E-state index contributed by atoms with van der Waals surface area (Å²) in [5.41, 5.74) is -0.242. The van der Waals surface area contributed by atoms with Gasteiger partial charge in [-0.1, -0.05) is 31.0 Å². The van der Waals surface area contributed by atoms with Crippen molar-refractivity contribution in [1.29, 1.82) is 0 Å². The lowest BCUT2D eigenvalue weighted by Gasteiger charge is -2.40. The predicted octanol–water partition coefficient (Wildman–Crippen LogP) is 6.76. The number of nitrogens with zero attached hydrogens (tertiary/aromatic N) is 3. The number of aromatic nitrogens is 3. The number of hydrogen-bond acceptors (Lipinski definition) is 4. The Morgan fingerprint density at radius 2 is 1.74 bits per heavy atom. The average Bonchev–Trinajstić information content (AvgIpc) is 2.97. The van der Waals surface area contributed by atoms with Gasteiger partial charge >= 0.3 is 16.3 Å². The molecule has 0 aliphatic rings. The van der Waals surface area contributed by atoms with Gasteiger partial charge < -0.3 is 10.1 Å². The zero-order chi connectivity index (χ0) is 23.3. The van der Waals surface area contributed by atoms with E-state index in [9.17, 15) is 24.2 Å². The van der Waals surface area contributed by atoms with Crippen LogP contribution in [0.2, 0.25) is 5.02 Å². The summed E-state index contributed by atoms with van der Waals surface area (Å²) < 4.78 is 71.2. The Kier molecular flexibility index (Phi) is 4.98. The number of amides is 1. The molecule has 0 fully saturated rings. The number of ether oxygens (including phenoxy) is 1. The second-order valence-corrected chi connectivity index (χ2v) is 10.5. The Balaban J connectivity index is 2.00. The molecule has 31 heavy (non-hydrogen) atoms. The van der Waals surface area contributed by atoms with Crippen LogP contribution in [0.5, 0.6) is 0 Å². The molecule has 170 valence electrons. The Labute approximate surface area is 179 Å². The number of alkyl carbamates (subject to hydrolysis) is 1. The minimum absolute atomic E-state index is 0.0499. The first-order valence-electron chi connectivity index (χ1n) is 8.78. The smallest absolute Gasteiger partial charge is 0.407 e. The highest BCUT2D eigenvalue weighted by Gasteiger charge is 2.65. The van der Waals surface area contributed by atoms with E-state index in [0.29, 0.717) is 5.39 Å². The van der Waals surface area contributed by atoms with E-state index in [1.54, 1.807) is 20.8 Å². The third kappa shape index (κ3) is 5.37. The normalized spacial score (nSPS) is 14.7. The van der Waals surface area contributed by atoms with Crippen molar-refractivity contribution in [3.63, 3.8) is 0 Å². The van der Waals surface area contributed by atoms with Crippen LogP contribution >= 0.6 is 21.8 Å². The molecule has 1 amide bonds. The van der Waals surface area contributed by atoms with Crippen LogP contribution in [0.1, 0.15) is 26.5 Å². The van der Waals surface area contributed by atoms with E-state index in [2.05, 4.69) is 15.4 Å². The minimum atomic E-state index is -9.80. The molecule has 13 heteroatoms. The summed E-state index contributed by atoms with van der Waals surface area (Å²) in [5.74, 6) is 0. The predicted molar refractivity (Wildman–Crippen MR) is 108 cm³/mol. The van der Waals surface area contributed by atoms with Crippen LogP contribution in [-0.4, -0.2) is 26.5 Å². The first-order chi connectivity index (χ1) is 13.9. The van der Waals surface area contributed by atoms with E-state index in [1.165, 1.54) is 12.3 Å². The van der Waals surface area contributed by atoms with E-state index >= 15 is 0 Å². The summed E-state index contributed by atoms with van der Waals surface area (Å²) in [7, 11) is -9.80. The maximum atomic E-state index is 13.0. The Morgan fingerprint density at radius 1 is 1.13 bits per heavy atom. The van der Waals surface area contributed by atoms with E-state index in [1.807, 2.05) is 0 Å². The molecule has 0 atom stereocenters. The Morgan fingerprint density at radius 3 is 2.29 bits per heavy atom. The van der Waals surface area contributed by atoms with Gasteiger partial charge in [0, 0.05) is 6.20 Å². The molecule has 1 N–H and O–H groups in total. The van der Waals surface area contributed by atoms with Gasteiger partial charge in [-0.15, -0.1) is 0 Å². The Bertz CT molecular complexity index is 1160. The molecule has 2 aromatic heterocycles. The fourth-order valence-corrected chi connectivity index (χ4v) is 3.59. The molecule has 0 aliphatic heterocycles. The summed E-state index contributed by atoms with van der Waals surface area (Å²) in [4.78, 5) is 14.0. The van der Waals surface area contributed by atoms with Gasteiger partial charge in [0.25, 0.3) is 0 Å². The average molecular weight is 485 g/mol. The molecular weight excluding hydrogens is 467 g/mol. The van der Waals surface area contributed by atoms with Crippen molar-refractivity contribution >= 4 is 39.0 Å². The highest BCUT2D eigenvalue weighted by Crippen LogP contribution is 3.02. The lowest BCUT2D eigenvalue weighted by molar-refractivity contribution is 0.0523. The van der Waals surface area contributed by atoms with E-state index in [4.69, 9.17) is 16.3 Å². The number of nitrogens with one attached hydrogen (secondary N) is 1. The van der Waals surface area contributed by atoms with Crippen LogP contribution in [-0.2, 0) is 11.3 Å². The van der Waals surface area contributed by atoms with Gasteiger partial charge in [-0.2, -0.15) is 5.10 Å². The first kappa shape index (κ1) is 23.1. The molecule has 0 saturated carbocycles. The lowest BCUT2D eigenvalue weighted by atomic mass is 10.2. The number of halogens is 6. The molecule has 3 rings (SSSR count). The second-order valence-electron chi connectivity index (χ2n) is 7.67. The SMILES string of the molecule is CC(C)(C)OC(=O)NCc1nn(-c2ccc(S(F)(F)(F)(F)F)cc2)c2nccc(Cl)c12. The van der Waals surface area contributed by atoms with Crippen molar-refractivity contribution < 1.29 is 29.0 Å². The minimum Gasteiger partial charge on any atom is -0.444 e. The van der Waals surface area contributed by atoms with Crippen molar-refractivity contribution in [3.05, 3.63) is 47.2 Å².